The number of hydrogen-bond donors (Lipinski definition) is 1. The molecule has 4 aromatic carbocycles. The highest BCUT2D eigenvalue weighted by atomic mass is 79.9. The van der Waals surface area contributed by atoms with E-state index in [1.54, 1.807) is 45.6 Å². The highest BCUT2D eigenvalue weighted by Gasteiger charge is 2.20. The molecule has 0 saturated heterocycles. The van der Waals surface area contributed by atoms with E-state index >= 15 is 0 Å². The predicted octanol–water partition coefficient (Wildman–Crippen LogP) is 7.70. The van der Waals surface area contributed by atoms with Gasteiger partial charge in [-0.1, -0.05) is 42.5 Å². The lowest BCUT2D eigenvalue weighted by Gasteiger charge is -2.15. The number of thioether (sulfide) groups is 1. The van der Waals surface area contributed by atoms with Crippen LogP contribution in [0.1, 0.15) is 18.1 Å². The molecule has 5 rings (SSSR count). The van der Waals surface area contributed by atoms with Crippen LogP contribution in [0.4, 0.5) is 0 Å². The number of rotatable bonds is 12. The normalized spacial score (nSPS) is 11.4. The molecule has 0 unspecified atom stereocenters. The van der Waals surface area contributed by atoms with Gasteiger partial charge in [-0.05, 0) is 86.9 Å². The van der Waals surface area contributed by atoms with Crippen molar-refractivity contribution in [2.24, 2.45) is 0 Å². The zero-order chi connectivity index (χ0) is 31.2. The molecule has 1 aromatic heterocycles. The molecule has 0 radical (unpaired) electrons. The molecule has 0 spiro atoms. The maximum atomic E-state index is 12.4. The summed E-state index contributed by atoms with van der Waals surface area (Å²) in [5, 5.41) is 21.5. The number of aromatic nitrogens is 3. The molecule has 0 aliphatic carbocycles. The third kappa shape index (κ3) is 6.68. The number of fused-ring (bicyclic) bond motifs is 1. The maximum Gasteiger partial charge on any atom is 0.342 e. The Kier molecular flexibility index (Phi) is 9.76. The van der Waals surface area contributed by atoms with E-state index in [0.717, 1.165) is 33.7 Å². The van der Waals surface area contributed by atoms with Gasteiger partial charge in [-0.3, -0.25) is 0 Å². The SMILES string of the molecule is CCn1c(S/C(=C\c2cc(Br)c(OCc3cccc4ccccc34)c(OC)c2)C(=O)O)nnc1-c1cc(OC)cc(OC)c1. The van der Waals surface area contributed by atoms with Crippen molar-refractivity contribution in [3.05, 3.63) is 93.3 Å². The summed E-state index contributed by atoms with van der Waals surface area (Å²) in [4.78, 5) is 12.4. The lowest BCUT2D eigenvalue weighted by molar-refractivity contribution is -0.131. The van der Waals surface area contributed by atoms with Crippen LogP contribution >= 0.6 is 27.7 Å². The molecule has 226 valence electrons. The van der Waals surface area contributed by atoms with Crippen molar-refractivity contribution in [2.45, 2.75) is 25.2 Å². The van der Waals surface area contributed by atoms with Gasteiger partial charge in [0.25, 0.3) is 0 Å². The highest BCUT2D eigenvalue weighted by molar-refractivity contribution is 9.10. The summed E-state index contributed by atoms with van der Waals surface area (Å²) in [6, 6.07) is 23.2. The largest absolute Gasteiger partial charge is 0.497 e. The Morgan fingerprint density at radius 3 is 2.36 bits per heavy atom. The monoisotopic (exact) mass is 675 g/mol. The van der Waals surface area contributed by atoms with E-state index in [4.69, 9.17) is 18.9 Å². The van der Waals surface area contributed by atoms with Gasteiger partial charge in [0.05, 0.1) is 25.8 Å². The molecule has 9 nitrogen and oxygen atoms in total. The molecule has 1 heterocycles. The highest BCUT2D eigenvalue weighted by Crippen LogP contribution is 2.39. The molecular formula is C33H30BrN3O6S. The van der Waals surface area contributed by atoms with E-state index in [-0.39, 0.29) is 4.91 Å². The zero-order valence-corrected chi connectivity index (χ0v) is 26.9. The van der Waals surface area contributed by atoms with Gasteiger partial charge in [0.15, 0.2) is 22.5 Å². The molecule has 0 atom stereocenters. The van der Waals surface area contributed by atoms with Crippen molar-refractivity contribution in [2.75, 3.05) is 21.3 Å². The second kappa shape index (κ2) is 13.9. The second-order valence-corrected chi connectivity index (χ2v) is 11.4. The van der Waals surface area contributed by atoms with Gasteiger partial charge in [0.2, 0.25) is 0 Å². The minimum atomic E-state index is -1.10. The van der Waals surface area contributed by atoms with E-state index in [2.05, 4.69) is 44.3 Å². The summed E-state index contributed by atoms with van der Waals surface area (Å²) in [6.45, 7) is 2.78. The molecule has 0 aliphatic rings. The summed E-state index contributed by atoms with van der Waals surface area (Å²) in [6.07, 6.45) is 1.57. The number of carboxylic acids is 1. The molecule has 11 heteroatoms. The Hall–Kier alpha value is -4.48. The van der Waals surface area contributed by atoms with Crippen LogP contribution in [0.5, 0.6) is 23.0 Å². The minimum Gasteiger partial charge on any atom is -0.497 e. The first-order valence-corrected chi connectivity index (χ1v) is 15.2. The number of nitrogens with zero attached hydrogens (tertiary/aromatic N) is 3. The fraction of sp³-hybridized carbons (Fsp3) is 0.182. The minimum absolute atomic E-state index is 0.0558. The number of methoxy groups -OCH3 is 3. The summed E-state index contributed by atoms with van der Waals surface area (Å²) in [5.41, 5.74) is 2.38. The Morgan fingerprint density at radius 2 is 1.68 bits per heavy atom. The molecule has 0 aliphatic heterocycles. The average Bonchev–Trinajstić information content (AvgIpc) is 3.45. The summed E-state index contributed by atoms with van der Waals surface area (Å²) in [5.74, 6) is 1.66. The zero-order valence-electron chi connectivity index (χ0n) is 24.5. The van der Waals surface area contributed by atoms with Gasteiger partial charge in [0.1, 0.15) is 23.0 Å². The molecule has 5 aromatic rings. The second-order valence-electron chi connectivity index (χ2n) is 9.53. The standard InChI is InChI=1S/C33H30BrN3O6S/c1-5-37-31(23-16-24(40-2)18-25(17-23)41-3)35-36-33(37)44-29(32(38)39)15-20-13-27(34)30(28(14-20)42-4)43-19-22-11-8-10-21-9-6-7-12-26(21)22/h6-18H,5,19H2,1-4H3,(H,38,39)/b29-15-. The summed E-state index contributed by atoms with van der Waals surface area (Å²) in [7, 11) is 4.70. The topological polar surface area (TPSA) is 105 Å². The lowest BCUT2D eigenvalue weighted by Crippen LogP contribution is -2.03. The average molecular weight is 677 g/mol. The fourth-order valence-corrected chi connectivity index (χ4v) is 6.18. The van der Waals surface area contributed by atoms with Crippen molar-refractivity contribution in [3.63, 3.8) is 0 Å². The van der Waals surface area contributed by atoms with Crippen molar-refractivity contribution in [1.82, 2.24) is 14.8 Å². The Labute approximate surface area is 267 Å². The van der Waals surface area contributed by atoms with E-state index in [1.165, 1.54) is 0 Å². The van der Waals surface area contributed by atoms with Crippen LogP contribution in [-0.2, 0) is 17.9 Å². The molecule has 0 amide bonds. The van der Waals surface area contributed by atoms with Crippen LogP contribution in [0, 0.1) is 0 Å². The number of carbonyl (C=O) groups is 1. The van der Waals surface area contributed by atoms with E-state index < -0.39 is 5.97 Å². The number of carboxylic acid groups (broad SMARTS) is 1. The molecule has 1 N–H and O–H groups in total. The van der Waals surface area contributed by atoms with Gasteiger partial charge >= 0.3 is 5.97 Å². The molecular weight excluding hydrogens is 646 g/mol. The third-order valence-electron chi connectivity index (χ3n) is 6.86. The Bertz CT molecular complexity index is 1830. The van der Waals surface area contributed by atoms with Gasteiger partial charge in [-0.25, -0.2) is 4.79 Å². The molecule has 44 heavy (non-hydrogen) atoms. The van der Waals surface area contributed by atoms with Crippen molar-refractivity contribution in [1.29, 1.82) is 0 Å². The van der Waals surface area contributed by atoms with Gasteiger partial charge in [0, 0.05) is 18.2 Å². The lowest BCUT2D eigenvalue weighted by atomic mass is 10.1. The summed E-state index contributed by atoms with van der Waals surface area (Å²) >= 11 is 4.61. The van der Waals surface area contributed by atoms with Crippen molar-refractivity contribution in [3.8, 4) is 34.4 Å². The quantitative estimate of drug-likeness (QED) is 0.105. The fourth-order valence-electron chi connectivity index (χ4n) is 4.72. The molecule has 0 bridgehead atoms. The van der Waals surface area contributed by atoms with Crippen molar-refractivity contribution >= 4 is 50.5 Å². The molecule has 0 saturated carbocycles. The van der Waals surface area contributed by atoms with E-state index in [0.29, 0.717) is 57.2 Å². The van der Waals surface area contributed by atoms with Gasteiger partial charge < -0.3 is 28.6 Å². The van der Waals surface area contributed by atoms with Crippen LogP contribution in [0.25, 0.3) is 28.2 Å². The number of benzene rings is 4. The summed E-state index contributed by atoms with van der Waals surface area (Å²) < 4.78 is 25.1. The first-order chi connectivity index (χ1) is 21.3. The van der Waals surface area contributed by atoms with E-state index in [1.807, 2.05) is 47.9 Å². The smallest absolute Gasteiger partial charge is 0.342 e. The number of hydrogen-bond acceptors (Lipinski definition) is 8. The van der Waals surface area contributed by atoms with Crippen LogP contribution in [0.3, 0.4) is 0 Å². The Balaban J connectivity index is 1.43. The number of ether oxygens (including phenoxy) is 4. The van der Waals surface area contributed by atoms with Crippen LogP contribution in [0.2, 0.25) is 0 Å². The first kappa shape index (κ1) is 31.0. The third-order valence-corrected chi connectivity index (χ3v) is 8.44. The first-order valence-electron chi connectivity index (χ1n) is 13.6. The predicted molar refractivity (Wildman–Crippen MR) is 175 cm³/mol. The molecule has 0 fully saturated rings. The number of aliphatic carboxylic acids is 1. The Morgan fingerprint density at radius 1 is 0.955 bits per heavy atom. The van der Waals surface area contributed by atoms with E-state index in [9.17, 15) is 9.90 Å². The van der Waals surface area contributed by atoms with Crippen LogP contribution in [-0.4, -0.2) is 47.2 Å². The van der Waals surface area contributed by atoms with Crippen LogP contribution in [0.15, 0.2) is 87.3 Å². The number of halogens is 1. The van der Waals surface area contributed by atoms with Gasteiger partial charge in [-0.15, -0.1) is 10.2 Å². The van der Waals surface area contributed by atoms with Crippen LogP contribution < -0.4 is 18.9 Å². The van der Waals surface area contributed by atoms with Crippen molar-refractivity contribution < 1.29 is 28.8 Å². The van der Waals surface area contributed by atoms with Gasteiger partial charge in [-0.2, -0.15) is 0 Å². The maximum absolute atomic E-state index is 12.4.